The number of fused-ring (bicyclic) bond motifs is 3. The normalized spacial score (nSPS) is 20.7. The quantitative estimate of drug-likeness (QED) is 0.583. The highest BCUT2D eigenvalue weighted by Gasteiger charge is 2.38. The molecule has 2 bridgehead atoms. The molecule has 3 aromatic heterocycles. The van der Waals surface area contributed by atoms with E-state index in [2.05, 4.69) is 20.4 Å². The maximum absolute atomic E-state index is 13.5. The van der Waals surface area contributed by atoms with Crippen LogP contribution in [0, 0.1) is 5.82 Å². The molecule has 1 aromatic carbocycles. The molecule has 6 rings (SSSR count). The van der Waals surface area contributed by atoms with E-state index in [1.54, 1.807) is 24.5 Å². The van der Waals surface area contributed by atoms with Crippen molar-refractivity contribution in [2.45, 2.75) is 18.5 Å². The van der Waals surface area contributed by atoms with Crippen molar-refractivity contribution in [2.24, 2.45) is 0 Å². The van der Waals surface area contributed by atoms with E-state index in [1.807, 2.05) is 22.7 Å². The molecule has 0 saturated carbocycles. The minimum Gasteiger partial charge on any atom is -0.349 e. The maximum atomic E-state index is 13.5. The SMILES string of the molecule is Fc1ccc(-c2nc3ccc(N4C[C@@H]5CC4CN5)nn3c2-c2ccnnc2)cc1. The smallest absolute Gasteiger partial charge is 0.155 e. The fraction of sp³-hybridized carbons (Fsp3) is 0.238. The van der Waals surface area contributed by atoms with E-state index in [0.29, 0.717) is 12.1 Å². The van der Waals surface area contributed by atoms with Crippen molar-refractivity contribution >= 4 is 11.5 Å². The van der Waals surface area contributed by atoms with Gasteiger partial charge in [0.2, 0.25) is 0 Å². The second kappa shape index (κ2) is 6.31. The number of hydrogen-bond donors (Lipinski definition) is 1. The number of imidazole rings is 1. The lowest BCUT2D eigenvalue weighted by Crippen LogP contribution is -2.44. The van der Waals surface area contributed by atoms with E-state index in [0.717, 1.165) is 53.5 Å². The third-order valence-corrected chi connectivity index (χ3v) is 5.79. The molecule has 8 heteroatoms. The maximum Gasteiger partial charge on any atom is 0.155 e. The van der Waals surface area contributed by atoms with Crippen molar-refractivity contribution in [1.82, 2.24) is 30.1 Å². The summed E-state index contributed by atoms with van der Waals surface area (Å²) in [6.07, 6.45) is 4.51. The lowest BCUT2D eigenvalue weighted by molar-refractivity contribution is 0.573. The number of nitrogens with zero attached hydrogens (tertiary/aromatic N) is 6. The number of halogens is 1. The van der Waals surface area contributed by atoms with Gasteiger partial charge in [0.15, 0.2) is 5.65 Å². The first-order chi connectivity index (χ1) is 14.3. The van der Waals surface area contributed by atoms with Crippen LogP contribution in [0.3, 0.4) is 0 Å². The van der Waals surface area contributed by atoms with E-state index in [4.69, 9.17) is 10.1 Å². The Bertz CT molecular complexity index is 1190. The van der Waals surface area contributed by atoms with E-state index in [1.165, 1.54) is 12.1 Å². The monoisotopic (exact) mass is 387 g/mol. The summed E-state index contributed by atoms with van der Waals surface area (Å²) in [4.78, 5) is 7.17. The zero-order valence-corrected chi connectivity index (χ0v) is 15.5. The largest absolute Gasteiger partial charge is 0.349 e. The average Bonchev–Trinajstić information content (AvgIpc) is 3.48. The molecule has 5 heterocycles. The molecule has 2 aliphatic rings. The summed E-state index contributed by atoms with van der Waals surface area (Å²) < 4.78 is 15.3. The first-order valence-corrected chi connectivity index (χ1v) is 9.69. The molecule has 0 aliphatic carbocycles. The van der Waals surface area contributed by atoms with Gasteiger partial charge in [0.05, 0.1) is 18.1 Å². The van der Waals surface area contributed by atoms with Crippen LogP contribution in [0.2, 0.25) is 0 Å². The van der Waals surface area contributed by atoms with Crippen molar-refractivity contribution in [3.8, 4) is 22.5 Å². The molecular formula is C21H18FN7. The van der Waals surface area contributed by atoms with Gasteiger partial charge in [0.25, 0.3) is 0 Å². The standard InChI is InChI=1S/C21H18FN7/c22-15-3-1-13(2-4-15)20-21(14-7-8-24-25-10-14)29-18(26-20)5-6-19(27-29)28-12-16-9-17(28)11-23-16/h1-8,10,16-17,23H,9,11-12H2/t16-,17?/m0/s1. The van der Waals surface area contributed by atoms with Crippen LogP contribution in [-0.2, 0) is 0 Å². The second-order valence-electron chi connectivity index (χ2n) is 7.56. The Morgan fingerprint density at radius 1 is 1.00 bits per heavy atom. The number of nitrogens with one attached hydrogen (secondary N) is 1. The van der Waals surface area contributed by atoms with E-state index >= 15 is 0 Å². The summed E-state index contributed by atoms with van der Waals surface area (Å²) in [7, 11) is 0. The number of benzene rings is 1. The lowest BCUT2D eigenvalue weighted by atomic mass is 10.1. The zero-order valence-electron chi connectivity index (χ0n) is 15.5. The Labute approximate surface area is 166 Å². The van der Waals surface area contributed by atoms with Crippen LogP contribution in [0.25, 0.3) is 28.2 Å². The van der Waals surface area contributed by atoms with Crippen LogP contribution in [-0.4, -0.2) is 50.0 Å². The number of piperazine rings is 1. The molecule has 2 fully saturated rings. The topological polar surface area (TPSA) is 71.2 Å². The van der Waals surface area contributed by atoms with Crippen molar-refractivity contribution in [3.63, 3.8) is 0 Å². The molecule has 0 radical (unpaired) electrons. The molecule has 0 amide bonds. The van der Waals surface area contributed by atoms with Crippen molar-refractivity contribution in [2.75, 3.05) is 18.0 Å². The van der Waals surface area contributed by atoms with Gasteiger partial charge >= 0.3 is 0 Å². The van der Waals surface area contributed by atoms with Crippen molar-refractivity contribution in [1.29, 1.82) is 0 Å². The fourth-order valence-corrected chi connectivity index (χ4v) is 4.42. The zero-order chi connectivity index (χ0) is 19.4. The van der Waals surface area contributed by atoms with Gasteiger partial charge in [-0.15, -0.1) is 5.10 Å². The first-order valence-electron chi connectivity index (χ1n) is 9.69. The molecule has 2 aliphatic heterocycles. The van der Waals surface area contributed by atoms with Gasteiger partial charge < -0.3 is 10.2 Å². The highest BCUT2D eigenvalue weighted by molar-refractivity contribution is 5.81. The first kappa shape index (κ1) is 16.6. The Kier molecular flexibility index (Phi) is 3.60. The molecule has 1 unspecified atom stereocenters. The predicted molar refractivity (Wildman–Crippen MR) is 107 cm³/mol. The molecule has 4 aromatic rings. The van der Waals surface area contributed by atoms with Crippen LogP contribution in [0.1, 0.15) is 6.42 Å². The minimum atomic E-state index is -0.275. The summed E-state index contributed by atoms with van der Waals surface area (Å²) in [5.74, 6) is 0.667. The number of hydrogen-bond acceptors (Lipinski definition) is 6. The van der Waals surface area contributed by atoms with Gasteiger partial charge in [-0.25, -0.2) is 13.9 Å². The Morgan fingerprint density at radius 2 is 1.90 bits per heavy atom. The number of aromatic nitrogens is 5. The number of anilines is 1. The molecule has 144 valence electrons. The molecule has 29 heavy (non-hydrogen) atoms. The molecule has 2 atom stereocenters. The molecule has 2 saturated heterocycles. The third-order valence-electron chi connectivity index (χ3n) is 5.79. The summed E-state index contributed by atoms with van der Waals surface area (Å²) in [5.41, 5.74) is 4.00. The minimum absolute atomic E-state index is 0.275. The van der Waals surface area contributed by atoms with Crippen LogP contribution in [0.15, 0.2) is 54.9 Å². The predicted octanol–water partition coefficient (Wildman–Crippen LogP) is 2.54. The van der Waals surface area contributed by atoms with Crippen LogP contribution < -0.4 is 10.2 Å². The van der Waals surface area contributed by atoms with E-state index in [-0.39, 0.29) is 5.82 Å². The van der Waals surface area contributed by atoms with Gasteiger partial charge in [-0.1, -0.05) is 0 Å². The van der Waals surface area contributed by atoms with Crippen LogP contribution in [0.4, 0.5) is 10.2 Å². The second-order valence-corrected chi connectivity index (χ2v) is 7.56. The third kappa shape index (κ3) is 2.67. The molecular weight excluding hydrogens is 369 g/mol. The van der Waals surface area contributed by atoms with Crippen LogP contribution in [0.5, 0.6) is 0 Å². The Morgan fingerprint density at radius 3 is 2.62 bits per heavy atom. The van der Waals surface area contributed by atoms with Gasteiger partial charge in [0, 0.05) is 36.3 Å². The molecule has 7 nitrogen and oxygen atoms in total. The van der Waals surface area contributed by atoms with Gasteiger partial charge in [-0.3, -0.25) is 0 Å². The number of rotatable bonds is 3. The fourth-order valence-electron chi connectivity index (χ4n) is 4.42. The van der Waals surface area contributed by atoms with E-state index < -0.39 is 0 Å². The van der Waals surface area contributed by atoms with Gasteiger partial charge in [-0.05, 0) is 48.9 Å². The summed E-state index contributed by atoms with van der Waals surface area (Å²) in [5, 5.41) is 16.4. The summed E-state index contributed by atoms with van der Waals surface area (Å²) in [6.45, 7) is 1.96. The van der Waals surface area contributed by atoms with Crippen LogP contribution >= 0.6 is 0 Å². The Hall–Kier alpha value is -3.39. The average molecular weight is 387 g/mol. The molecule has 1 N–H and O–H groups in total. The summed E-state index contributed by atoms with van der Waals surface area (Å²) in [6, 6.07) is 13.3. The Balaban J connectivity index is 1.55. The highest BCUT2D eigenvalue weighted by Crippen LogP contribution is 2.34. The van der Waals surface area contributed by atoms with Gasteiger partial charge in [-0.2, -0.15) is 10.2 Å². The highest BCUT2D eigenvalue weighted by atomic mass is 19.1. The van der Waals surface area contributed by atoms with Gasteiger partial charge in [0.1, 0.15) is 17.3 Å². The summed E-state index contributed by atoms with van der Waals surface area (Å²) >= 11 is 0. The van der Waals surface area contributed by atoms with Crippen molar-refractivity contribution < 1.29 is 4.39 Å². The van der Waals surface area contributed by atoms with Crippen molar-refractivity contribution in [3.05, 3.63) is 60.7 Å². The van der Waals surface area contributed by atoms with E-state index in [9.17, 15) is 4.39 Å². The molecule has 0 spiro atoms. The lowest BCUT2D eigenvalue weighted by Gasteiger charge is -2.28.